The molecule has 0 atom stereocenters. The maximum Gasteiger partial charge on any atom is 0.224 e. The lowest BCUT2D eigenvalue weighted by Crippen LogP contribution is -2.20. The number of aryl methyl sites for hydroxylation is 1. The number of nitrogens with zero attached hydrogens (tertiary/aromatic N) is 2. The van der Waals surface area contributed by atoms with E-state index in [9.17, 15) is 0 Å². The van der Waals surface area contributed by atoms with Gasteiger partial charge in [-0.15, -0.1) is 0 Å². The van der Waals surface area contributed by atoms with E-state index in [2.05, 4.69) is 55.6 Å². The van der Waals surface area contributed by atoms with Crippen molar-refractivity contribution in [3.8, 4) is 0 Å². The summed E-state index contributed by atoms with van der Waals surface area (Å²) in [6.07, 6.45) is 9.54. The van der Waals surface area contributed by atoms with Crippen LogP contribution in [0.5, 0.6) is 0 Å². The summed E-state index contributed by atoms with van der Waals surface area (Å²) >= 11 is 3.49. The van der Waals surface area contributed by atoms with Crippen LogP contribution >= 0.6 is 15.9 Å². The Balaban J connectivity index is 1.69. The lowest BCUT2D eigenvalue weighted by Gasteiger charge is -2.16. The van der Waals surface area contributed by atoms with Crippen LogP contribution in [0, 0.1) is 6.92 Å². The van der Waals surface area contributed by atoms with Gasteiger partial charge in [0.1, 0.15) is 5.82 Å². The van der Waals surface area contributed by atoms with Crippen LogP contribution in [0.3, 0.4) is 0 Å². The van der Waals surface area contributed by atoms with Crippen molar-refractivity contribution in [2.75, 3.05) is 10.6 Å². The molecule has 0 aliphatic heterocycles. The Morgan fingerprint density at radius 3 is 2.61 bits per heavy atom. The Morgan fingerprint density at radius 1 is 1.09 bits per heavy atom. The zero-order chi connectivity index (χ0) is 16.1. The lowest BCUT2D eigenvalue weighted by atomic mass is 10.1. The summed E-state index contributed by atoms with van der Waals surface area (Å²) in [6.45, 7) is 2.08. The Bertz CT molecular complexity index is 651. The maximum atomic E-state index is 4.61. The van der Waals surface area contributed by atoms with Gasteiger partial charge in [0.2, 0.25) is 5.95 Å². The molecule has 1 saturated carbocycles. The summed E-state index contributed by atoms with van der Waals surface area (Å²) in [4.78, 5) is 8.98. The van der Waals surface area contributed by atoms with Crippen LogP contribution in [-0.2, 0) is 0 Å². The summed E-state index contributed by atoms with van der Waals surface area (Å²) < 4.78 is 1.08. The molecule has 1 aliphatic carbocycles. The molecule has 23 heavy (non-hydrogen) atoms. The summed E-state index contributed by atoms with van der Waals surface area (Å²) in [7, 11) is 0. The molecule has 0 saturated heterocycles. The van der Waals surface area contributed by atoms with Crippen molar-refractivity contribution in [3.63, 3.8) is 0 Å². The molecule has 5 heteroatoms. The van der Waals surface area contributed by atoms with Gasteiger partial charge in [-0.3, -0.25) is 0 Å². The molecule has 0 amide bonds. The molecular formula is C18H23BrN4. The summed E-state index contributed by atoms with van der Waals surface area (Å²) in [6, 6.07) is 8.58. The van der Waals surface area contributed by atoms with E-state index in [1.807, 2.05) is 18.3 Å². The van der Waals surface area contributed by atoms with Crippen molar-refractivity contribution in [3.05, 3.63) is 40.5 Å². The number of hydrogen-bond donors (Lipinski definition) is 2. The van der Waals surface area contributed by atoms with E-state index in [1.54, 1.807) is 0 Å². The second-order valence-electron chi connectivity index (χ2n) is 6.18. The van der Waals surface area contributed by atoms with Crippen LogP contribution in [0.2, 0.25) is 0 Å². The first-order valence-electron chi connectivity index (χ1n) is 8.33. The van der Waals surface area contributed by atoms with E-state index >= 15 is 0 Å². The zero-order valence-electron chi connectivity index (χ0n) is 13.5. The molecule has 1 aromatic heterocycles. The van der Waals surface area contributed by atoms with Crippen molar-refractivity contribution < 1.29 is 0 Å². The molecule has 0 radical (unpaired) electrons. The molecule has 1 heterocycles. The maximum absolute atomic E-state index is 4.61. The highest BCUT2D eigenvalue weighted by Gasteiger charge is 2.13. The first-order valence-corrected chi connectivity index (χ1v) is 9.13. The molecule has 0 bridgehead atoms. The van der Waals surface area contributed by atoms with Gasteiger partial charge < -0.3 is 10.6 Å². The number of benzene rings is 1. The largest absolute Gasteiger partial charge is 0.351 e. The van der Waals surface area contributed by atoms with Crippen LogP contribution in [0.4, 0.5) is 17.5 Å². The standard InChI is InChI=1S/C18H23BrN4/c1-13-12-14(19)8-9-16(13)22-17-10-11-20-18(23-17)21-15-6-4-2-3-5-7-15/h8-12,15H,2-7H2,1H3,(H2,20,21,22,23). The van der Waals surface area contributed by atoms with Crippen LogP contribution in [-0.4, -0.2) is 16.0 Å². The minimum Gasteiger partial charge on any atom is -0.351 e. The molecule has 4 nitrogen and oxygen atoms in total. The zero-order valence-corrected chi connectivity index (χ0v) is 15.1. The topological polar surface area (TPSA) is 49.8 Å². The van der Waals surface area contributed by atoms with Crippen molar-refractivity contribution in [2.24, 2.45) is 0 Å². The monoisotopic (exact) mass is 374 g/mol. The van der Waals surface area contributed by atoms with E-state index in [0.29, 0.717) is 6.04 Å². The molecular weight excluding hydrogens is 352 g/mol. The molecule has 2 N–H and O–H groups in total. The molecule has 1 aliphatic rings. The summed E-state index contributed by atoms with van der Waals surface area (Å²) in [5.41, 5.74) is 2.24. The quantitative estimate of drug-likeness (QED) is 0.700. The predicted molar refractivity (Wildman–Crippen MR) is 99.3 cm³/mol. The molecule has 3 rings (SSSR count). The smallest absolute Gasteiger partial charge is 0.224 e. The van der Waals surface area contributed by atoms with Crippen LogP contribution in [0.15, 0.2) is 34.9 Å². The highest BCUT2D eigenvalue weighted by molar-refractivity contribution is 9.10. The van der Waals surface area contributed by atoms with Gasteiger partial charge in [-0.25, -0.2) is 4.98 Å². The average molecular weight is 375 g/mol. The third-order valence-electron chi connectivity index (χ3n) is 4.30. The normalized spacial score (nSPS) is 15.9. The van der Waals surface area contributed by atoms with Crippen LogP contribution in [0.1, 0.15) is 44.1 Å². The number of rotatable bonds is 4. The third-order valence-corrected chi connectivity index (χ3v) is 4.79. The van der Waals surface area contributed by atoms with Crippen LogP contribution < -0.4 is 10.6 Å². The van der Waals surface area contributed by atoms with E-state index in [4.69, 9.17) is 0 Å². The molecule has 2 aromatic rings. The Morgan fingerprint density at radius 2 is 1.87 bits per heavy atom. The number of aromatic nitrogens is 2. The van der Waals surface area contributed by atoms with Gasteiger partial charge in [0, 0.05) is 22.4 Å². The Kier molecular flexibility index (Phi) is 5.49. The van der Waals surface area contributed by atoms with E-state index < -0.39 is 0 Å². The van der Waals surface area contributed by atoms with Gasteiger partial charge in [-0.1, -0.05) is 41.6 Å². The summed E-state index contributed by atoms with van der Waals surface area (Å²) in [5, 5.41) is 6.88. The second-order valence-corrected chi connectivity index (χ2v) is 7.10. The SMILES string of the molecule is Cc1cc(Br)ccc1Nc1ccnc(NC2CCCCCC2)n1. The van der Waals surface area contributed by atoms with Crippen molar-refractivity contribution in [1.29, 1.82) is 0 Å². The summed E-state index contributed by atoms with van der Waals surface area (Å²) in [5.74, 6) is 1.54. The van der Waals surface area contributed by atoms with Gasteiger partial charge >= 0.3 is 0 Å². The fourth-order valence-electron chi connectivity index (χ4n) is 3.01. The van der Waals surface area contributed by atoms with Crippen molar-refractivity contribution >= 4 is 33.4 Å². The van der Waals surface area contributed by atoms with Gasteiger partial charge in [-0.2, -0.15) is 4.98 Å². The lowest BCUT2D eigenvalue weighted by molar-refractivity contribution is 0.615. The minimum atomic E-state index is 0.502. The third kappa shape index (κ3) is 4.67. The fraction of sp³-hybridized carbons (Fsp3) is 0.444. The number of anilines is 3. The Hall–Kier alpha value is -1.62. The number of halogens is 1. The molecule has 0 spiro atoms. The highest BCUT2D eigenvalue weighted by Crippen LogP contribution is 2.24. The number of hydrogen-bond acceptors (Lipinski definition) is 4. The van der Waals surface area contributed by atoms with E-state index in [1.165, 1.54) is 44.1 Å². The fourth-order valence-corrected chi connectivity index (χ4v) is 3.48. The average Bonchev–Trinajstić information content (AvgIpc) is 2.79. The van der Waals surface area contributed by atoms with E-state index in [-0.39, 0.29) is 0 Å². The Labute approximate surface area is 146 Å². The van der Waals surface area contributed by atoms with E-state index in [0.717, 1.165) is 21.9 Å². The van der Waals surface area contributed by atoms with Gasteiger partial charge in [0.05, 0.1) is 0 Å². The van der Waals surface area contributed by atoms with Crippen molar-refractivity contribution in [2.45, 2.75) is 51.5 Å². The first kappa shape index (κ1) is 16.2. The first-order chi connectivity index (χ1) is 11.2. The molecule has 0 unspecified atom stereocenters. The molecule has 122 valence electrons. The van der Waals surface area contributed by atoms with Crippen molar-refractivity contribution in [1.82, 2.24) is 9.97 Å². The van der Waals surface area contributed by atoms with Crippen LogP contribution in [0.25, 0.3) is 0 Å². The predicted octanol–water partition coefficient (Wildman–Crippen LogP) is 5.43. The number of nitrogens with one attached hydrogen (secondary N) is 2. The minimum absolute atomic E-state index is 0.502. The second kappa shape index (κ2) is 7.77. The van der Waals surface area contributed by atoms with Gasteiger partial charge in [-0.05, 0) is 49.6 Å². The molecule has 1 aromatic carbocycles. The van der Waals surface area contributed by atoms with Gasteiger partial charge in [0.25, 0.3) is 0 Å². The van der Waals surface area contributed by atoms with Gasteiger partial charge in [0.15, 0.2) is 0 Å². The highest BCUT2D eigenvalue weighted by atomic mass is 79.9. The molecule has 1 fully saturated rings.